The van der Waals surface area contributed by atoms with E-state index in [2.05, 4.69) is 14.6 Å². The minimum Gasteiger partial charge on any atom is -0.370 e. The minimum absolute atomic E-state index is 0.0145. The van der Waals surface area contributed by atoms with Gasteiger partial charge in [-0.1, -0.05) is 19.3 Å². The summed E-state index contributed by atoms with van der Waals surface area (Å²) in [6, 6.07) is 0.0145. The Morgan fingerprint density at radius 2 is 1.86 bits per heavy atom. The molecule has 0 spiro atoms. The lowest BCUT2D eigenvalue weighted by Gasteiger charge is -2.23. The van der Waals surface area contributed by atoms with Gasteiger partial charge in [-0.25, -0.2) is 13.1 Å². The van der Waals surface area contributed by atoms with Crippen LogP contribution in [0.4, 0.5) is 0 Å². The first-order valence-electron chi connectivity index (χ1n) is 7.98. The van der Waals surface area contributed by atoms with Gasteiger partial charge in [-0.15, -0.1) is 0 Å². The Morgan fingerprint density at radius 1 is 1.19 bits per heavy atom. The molecule has 7 heteroatoms. The van der Waals surface area contributed by atoms with Crippen LogP contribution in [0.1, 0.15) is 44.9 Å². The van der Waals surface area contributed by atoms with Crippen molar-refractivity contribution in [1.82, 2.24) is 9.62 Å². The van der Waals surface area contributed by atoms with Crippen molar-refractivity contribution in [1.29, 1.82) is 0 Å². The Kier molecular flexibility index (Phi) is 5.87. The molecule has 0 aromatic heterocycles. The number of aliphatic imine (C=N–C) groups is 1. The first-order chi connectivity index (χ1) is 9.96. The second kappa shape index (κ2) is 7.45. The van der Waals surface area contributed by atoms with Crippen molar-refractivity contribution < 1.29 is 8.42 Å². The summed E-state index contributed by atoms with van der Waals surface area (Å²) in [5.74, 6) is 0.896. The maximum atomic E-state index is 11.4. The smallest absolute Gasteiger partial charge is 0.208 e. The summed E-state index contributed by atoms with van der Waals surface area (Å²) >= 11 is 0. The average Bonchev–Trinajstić information content (AvgIpc) is 2.66. The topological polar surface area (TPSA) is 87.8 Å². The predicted octanol–water partition coefficient (Wildman–Crippen LogP) is 0.895. The van der Waals surface area contributed by atoms with E-state index < -0.39 is 10.0 Å². The van der Waals surface area contributed by atoms with Crippen molar-refractivity contribution in [2.24, 2.45) is 16.6 Å². The Balaban J connectivity index is 1.89. The first kappa shape index (κ1) is 16.5. The van der Waals surface area contributed by atoms with Crippen molar-refractivity contribution in [2.45, 2.75) is 51.0 Å². The van der Waals surface area contributed by atoms with Crippen molar-refractivity contribution in [3.05, 3.63) is 0 Å². The number of nitrogens with one attached hydrogen (secondary N) is 1. The molecule has 21 heavy (non-hydrogen) atoms. The second-order valence-electron chi connectivity index (χ2n) is 6.29. The number of nitrogens with two attached hydrogens (primary N) is 1. The van der Waals surface area contributed by atoms with E-state index >= 15 is 0 Å². The van der Waals surface area contributed by atoms with Crippen molar-refractivity contribution >= 4 is 16.0 Å². The highest BCUT2D eigenvalue weighted by Crippen LogP contribution is 2.26. The van der Waals surface area contributed by atoms with E-state index in [1.54, 1.807) is 0 Å². The van der Waals surface area contributed by atoms with E-state index in [1.165, 1.54) is 31.9 Å². The Labute approximate surface area is 128 Å². The van der Waals surface area contributed by atoms with Crippen LogP contribution < -0.4 is 10.5 Å². The molecule has 1 heterocycles. The van der Waals surface area contributed by atoms with Crippen LogP contribution in [0.25, 0.3) is 0 Å². The number of hydrogen-bond donors (Lipinski definition) is 2. The third kappa shape index (κ3) is 5.47. The SMILES string of the molecule is CS(=O)(=O)NC1CCCC1CN=C(N)N1CCCCCC1. The fraction of sp³-hybridized carbons (Fsp3) is 0.929. The highest BCUT2D eigenvalue weighted by molar-refractivity contribution is 7.88. The van der Waals surface area contributed by atoms with Crippen LogP contribution in [0.2, 0.25) is 0 Å². The maximum absolute atomic E-state index is 11.4. The van der Waals surface area contributed by atoms with Crippen LogP contribution >= 0.6 is 0 Å². The summed E-state index contributed by atoms with van der Waals surface area (Å²) < 4.78 is 25.5. The molecule has 2 atom stereocenters. The van der Waals surface area contributed by atoms with E-state index in [1.807, 2.05) is 0 Å². The largest absolute Gasteiger partial charge is 0.370 e. The molecule has 3 N–H and O–H groups in total. The molecular formula is C14H28N4O2S. The van der Waals surface area contributed by atoms with Crippen LogP contribution in [0.15, 0.2) is 4.99 Å². The van der Waals surface area contributed by atoms with E-state index in [4.69, 9.17) is 5.73 Å². The van der Waals surface area contributed by atoms with E-state index in [9.17, 15) is 8.42 Å². The van der Waals surface area contributed by atoms with Gasteiger partial charge in [0.25, 0.3) is 0 Å². The summed E-state index contributed by atoms with van der Waals surface area (Å²) in [7, 11) is -3.14. The van der Waals surface area contributed by atoms with Gasteiger partial charge in [-0.2, -0.15) is 0 Å². The quantitative estimate of drug-likeness (QED) is 0.596. The van der Waals surface area contributed by atoms with Gasteiger partial charge in [0.05, 0.1) is 6.26 Å². The zero-order chi connectivity index (χ0) is 15.3. The van der Waals surface area contributed by atoms with Gasteiger partial charge in [0.2, 0.25) is 10.0 Å². The Hall–Kier alpha value is -0.820. The molecule has 2 rings (SSSR count). The van der Waals surface area contributed by atoms with Gasteiger partial charge in [0.1, 0.15) is 0 Å². The number of hydrogen-bond acceptors (Lipinski definition) is 3. The number of likely N-dealkylation sites (tertiary alicyclic amines) is 1. The van der Waals surface area contributed by atoms with Gasteiger partial charge in [-0.05, 0) is 31.6 Å². The Bertz CT molecular complexity index is 456. The zero-order valence-corrected chi connectivity index (χ0v) is 13.7. The van der Waals surface area contributed by atoms with Crippen LogP contribution in [-0.4, -0.2) is 51.2 Å². The number of rotatable bonds is 4. The third-order valence-electron chi connectivity index (χ3n) is 4.44. The molecule has 0 radical (unpaired) electrons. The molecule has 1 saturated heterocycles. The highest BCUT2D eigenvalue weighted by Gasteiger charge is 2.29. The van der Waals surface area contributed by atoms with Crippen molar-refractivity contribution in [3.63, 3.8) is 0 Å². The lowest BCUT2D eigenvalue weighted by molar-refractivity contribution is 0.418. The average molecular weight is 316 g/mol. The lowest BCUT2D eigenvalue weighted by Crippen LogP contribution is -2.40. The van der Waals surface area contributed by atoms with Gasteiger partial charge in [0, 0.05) is 25.7 Å². The van der Waals surface area contributed by atoms with Crippen LogP contribution in [-0.2, 0) is 10.0 Å². The molecule has 0 aromatic carbocycles. The minimum atomic E-state index is -3.14. The van der Waals surface area contributed by atoms with Crippen LogP contribution in [0.3, 0.4) is 0 Å². The molecule has 1 saturated carbocycles. The predicted molar refractivity (Wildman–Crippen MR) is 85.6 cm³/mol. The van der Waals surface area contributed by atoms with E-state index in [0.29, 0.717) is 12.5 Å². The number of guanidine groups is 1. The molecule has 6 nitrogen and oxygen atoms in total. The summed E-state index contributed by atoms with van der Waals surface area (Å²) in [6.45, 7) is 2.60. The third-order valence-corrected chi connectivity index (χ3v) is 5.17. The lowest BCUT2D eigenvalue weighted by atomic mass is 10.1. The molecule has 2 aliphatic rings. The summed E-state index contributed by atoms with van der Waals surface area (Å²) in [5, 5.41) is 0. The number of nitrogens with zero attached hydrogens (tertiary/aromatic N) is 2. The molecule has 0 amide bonds. The number of sulfonamides is 1. The molecule has 1 aliphatic heterocycles. The van der Waals surface area contributed by atoms with Gasteiger partial charge in [-0.3, -0.25) is 4.99 Å². The summed E-state index contributed by atoms with van der Waals surface area (Å²) in [6.07, 6.45) is 9.09. The second-order valence-corrected chi connectivity index (χ2v) is 8.07. The van der Waals surface area contributed by atoms with E-state index in [-0.39, 0.29) is 12.0 Å². The molecule has 1 aliphatic carbocycles. The first-order valence-corrected chi connectivity index (χ1v) is 9.87. The molecule has 122 valence electrons. The summed E-state index contributed by atoms with van der Waals surface area (Å²) in [4.78, 5) is 6.70. The molecule has 2 fully saturated rings. The summed E-state index contributed by atoms with van der Waals surface area (Å²) in [5.41, 5.74) is 6.11. The van der Waals surface area contributed by atoms with Crippen LogP contribution in [0, 0.1) is 5.92 Å². The van der Waals surface area contributed by atoms with Gasteiger partial charge >= 0.3 is 0 Å². The highest BCUT2D eigenvalue weighted by atomic mass is 32.2. The zero-order valence-electron chi connectivity index (χ0n) is 12.9. The van der Waals surface area contributed by atoms with Gasteiger partial charge in [0.15, 0.2) is 5.96 Å². The monoisotopic (exact) mass is 316 g/mol. The van der Waals surface area contributed by atoms with Crippen LogP contribution in [0.5, 0.6) is 0 Å². The maximum Gasteiger partial charge on any atom is 0.208 e. The standard InChI is InChI=1S/C14H28N4O2S/c1-21(19,20)17-13-8-6-7-12(13)11-16-14(15)18-9-4-2-3-5-10-18/h12-13,17H,2-11H2,1H3,(H2,15,16). The van der Waals surface area contributed by atoms with Gasteiger partial charge < -0.3 is 10.6 Å². The fourth-order valence-electron chi connectivity index (χ4n) is 3.30. The molecular weight excluding hydrogens is 288 g/mol. The fourth-order valence-corrected chi connectivity index (χ4v) is 4.16. The molecule has 0 bridgehead atoms. The molecule has 0 aromatic rings. The van der Waals surface area contributed by atoms with E-state index in [0.717, 1.165) is 32.4 Å². The normalized spacial score (nSPS) is 28.6. The van der Waals surface area contributed by atoms with Crippen molar-refractivity contribution in [3.8, 4) is 0 Å². The Morgan fingerprint density at radius 3 is 2.48 bits per heavy atom. The van der Waals surface area contributed by atoms with Crippen molar-refractivity contribution in [2.75, 3.05) is 25.9 Å². The molecule has 2 unspecified atom stereocenters.